The van der Waals surface area contributed by atoms with Crippen molar-refractivity contribution in [3.63, 3.8) is 0 Å². The van der Waals surface area contributed by atoms with E-state index >= 15 is 0 Å². The lowest BCUT2D eigenvalue weighted by molar-refractivity contribution is 0.135. The van der Waals surface area contributed by atoms with Crippen molar-refractivity contribution < 1.29 is 0 Å². The zero-order valence-electron chi connectivity index (χ0n) is 22.6. The van der Waals surface area contributed by atoms with E-state index in [2.05, 4.69) is 86.8 Å². The number of aromatic nitrogens is 7. The first-order chi connectivity index (χ1) is 19.6. The summed E-state index contributed by atoms with van der Waals surface area (Å²) < 4.78 is 1.90. The first-order valence-electron chi connectivity index (χ1n) is 13.8. The summed E-state index contributed by atoms with van der Waals surface area (Å²) in [6.45, 7) is 6.93. The Morgan fingerprint density at radius 3 is 2.48 bits per heavy atom. The van der Waals surface area contributed by atoms with Crippen molar-refractivity contribution in [2.45, 2.75) is 32.7 Å². The van der Waals surface area contributed by atoms with Gasteiger partial charge in [-0.2, -0.15) is 10.2 Å². The number of aryl methyl sites for hydroxylation is 2. The summed E-state index contributed by atoms with van der Waals surface area (Å²) in [5.41, 5.74) is 9.41. The largest absolute Gasteiger partial charge is 0.298 e. The number of H-pyrrole nitrogens is 1. The molecular weight excluding hydrogens is 496 g/mol. The minimum Gasteiger partial charge on any atom is -0.298 e. The Labute approximate surface area is 232 Å². The zero-order chi connectivity index (χ0) is 27.1. The predicted octanol–water partition coefficient (Wildman–Crippen LogP) is 5.71. The van der Waals surface area contributed by atoms with Crippen LogP contribution in [0.5, 0.6) is 0 Å². The van der Waals surface area contributed by atoms with Crippen LogP contribution >= 0.6 is 0 Å². The smallest absolute Gasteiger partial charge is 0.199 e. The number of rotatable bonds is 7. The van der Waals surface area contributed by atoms with E-state index in [1.165, 1.54) is 5.56 Å². The number of hydrogen-bond donors (Lipinski definition) is 1. The molecule has 0 spiro atoms. The highest BCUT2D eigenvalue weighted by molar-refractivity contribution is 5.81. The molecule has 0 saturated carbocycles. The van der Waals surface area contributed by atoms with Gasteiger partial charge in [0.25, 0.3) is 0 Å². The van der Waals surface area contributed by atoms with Crippen molar-refractivity contribution >= 4 is 5.65 Å². The molecule has 6 aromatic rings. The average molecular weight is 527 g/mol. The predicted molar refractivity (Wildman–Crippen MR) is 156 cm³/mol. The molecule has 0 atom stereocenters. The van der Waals surface area contributed by atoms with E-state index in [0.717, 1.165) is 76.9 Å². The zero-order valence-corrected chi connectivity index (χ0v) is 22.6. The van der Waals surface area contributed by atoms with Gasteiger partial charge in [0.1, 0.15) is 11.5 Å². The fourth-order valence-corrected chi connectivity index (χ4v) is 5.39. The molecule has 7 rings (SSSR count). The van der Waals surface area contributed by atoms with Crippen molar-refractivity contribution in [2.24, 2.45) is 0 Å². The first-order valence-corrected chi connectivity index (χ1v) is 13.8. The quantitative estimate of drug-likeness (QED) is 0.287. The maximum absolute atomic E-state index is 5.11. The lowest BCUT2D eigenvalue weighted by Gasteiger charge is -2.38. The summed E-state index contributed by atoms with van der Waals surface area (Å²) in [6, 6.07) is 25.1. The van der Waals surface area contributed by atoms with Gasteiger partial charge in [0.15, 0.2) is 11.5 Å². The molecule has 4 aromatic heterocycles. The Bertz CT molecular complexity index is 1780. The third kappa shape index (κ3) is 4.56. The van der Waals surface area contributed by atoms with Crippen molar-refractivity contribution in [2.75, 3.05) is 13.1 Å². The number of aromatic amines is 1. The average Bonchev–Trinajstić information content (AvgIpc) is 3.62. The topological polar surface area (TPSA) is 87.9 Å². The summed E-state index contributed by atoms with van der Waals surface area (Å²) in [4.78, 5) is 16.8. The molecule has 0 aliphatic carbocycles. The van der Waals surface area contributed by atoms with Gasteiger partial charge in [0, 0.05) is 54.1 Å². The van der Waals surface area contributed by atoms with E-state index in [1.54, 1.807) is 0 Å². The van der Waals surface area contributed by atoms with E-state index in [0.29, 0.717) is 11.7 Å². The van der Waals surface area contributed by atoms with Gasteiger partial charge in [-0.15, -0.1) is 0 Å². The summed E-state index contributed by atoms with van der Waals surface area (Å²) in [6.07, 6.45) is 4.92. The maximum atomic E-state index is 5.11. The molecule has 8 heteroatoms. The second-order valence-electron chi connectivity index (χ2n) is 10.5. The van der Waals surface area contributed by atoms with Crippen LogP contribution in [0.4, 0.5) is 0 Å². The van der Waals surface area contributed by atoms with Gasteiger partial charge in [-0.3, -0.25) is 10.00 Å². The molecule has 1 N–H and O–H groups in total. The summed E-state index contributed by atoms with van der Waals surface area (Å²) in [7, 11) is 0. The van der Waals surface area contributed by atoms with E-state index in [1.807, 2.05) is 41.9 Å². The highest BCUT2D eigenvalue weighted by Crippen LogP contribution is 2.33. The summed E-state index contributed by atoms with van der Waals surface area (Å²) >= 11 is 0. The normalized spacial score (nSPS) is 14.1. The standard InChI is InChI=1S/C32H30N8/c1-3-23-16-33-40-20-27(24-9-5-4-6-10-24)29(35-32(23)40)25-14-12-22(13-15-25)17-39-18-26(19-39)30-36-31(38-37-30)28-11-7-8-21(2)34-28/h4-16,20,26H,3,17-19H2,1-2H3,(H,36,37,38). The van der Waals surface area contributed by atoms with Gasteiger partial charge in [0.05, 0.1) is 11.9 Å². The van der Waals surface area contributed by atoms with Gasteiger partial charge < -0.3 is 0 Å². The van der Waals surface area contributed by atoms with Crippen LogP contribution < -0.4 is 0 Å². The van der Waals surface area contributed by atoms with Crippen LogP contribution in [0, 0.1) is 6.92 Å². The number of hydrogen-bond acceptors (Lipinski definition) is 6. The fourth-order valence-electron chi connectivity index (χ4n) is 5.39. The Morgan fingerprint density at radius 1 is 0.875 bits per heavy atom. The summed E-state index contributed by atoms with van der Waals surface area (Å²) in [5.74, 6) is 1.96. The van der Waals surface area contributed by atoms with Crippen LogP contribution in [0.25, 0.3) is 39.5 Å². The number of nitrogens with zero attached hydrogens (tertiary/aromatic N) is 7. The second kappa shape index (κ2) is 10.1. The fraction of sp³-hybridized carbons (Fsp3) is 0.219. The molecule has 1 saturated heterocycles. The molecule has 2 aromatic carbocycles. The lowest BCUT2D eigenvalue weighted by atomic mass is 9.97. The van der Waals surface area contributed by atoms with Crippen LogP contribution in [0.1, 0.15) is 35.5 Å². The highest BCUT2D eigenvalue weighted by Gasteiger charge is 2.31. The number of nitrogens with one attached hydrogen (secondary N) is 1. The van der Waals surface area contributed by atoms with Crippen LogP contribution in [0.3, 0.4) is 0 Å². The molecule has 40 heavy (non-hydrogen) atoms. The minimum atomic E-state index is 0.359. The van der Waals surface area contributed by atoms with E-state index in [9.17, 15) is 0 Å². The van der Waals surface area contributed by atoms with Gasteiger partial charge in [0.2, 0.25) is 0 Å². The molecule has 0 bridgehead atoms. The molecule has 1 fully saturated rings. The maximum Gasteiger partial charge on any atom is 0.199 e. The van der Waals surface area contributed by atoms with Gasteiger partial charge >= 0.3 is 0 Å². The molecule has 198 valence electrons. The molecule has 1 aliphatic rings. The van der Waals surface area contributed by atoms with Crippen molar-refractivity contribution in [3.05, 3.63) is 108 Å². The van der Waals surface area contributed by atoms with Crippen LogP contribution in [-0.4, -0.2) is 52.8 Å². The third-order valence-electron chi connectivity index (χ3n) is 7.63. The lowest BCUT2D eigenvalue weighted by Crippen LogP contribution is -2.44. The Hall–Kier alpha value is -4.69. The molecular formula is C32H30N8. The van der Waals surface area contributed by atoms with E-state index < -0.39 is 0 Å². The van der Waals surface area contributed by atoms with Gasteiger partial charge in [-0.05, 0) is 36.6 Å². The SMILES string of the molecule is CCc1cnn2cc(-c3ccccc3)c(-c3ccc(CN4CC(c5nc(-c6cccc(C)n6)n[nH]5)C4)cc3)nc12. The second-order valence-corrected chi connectivity index (χ2v) is 10.5. The third-order valence-corrected chi connectivity index (χ3v) is 7.63. The van der Waals surface area contributed by atoms with Crippen LogP contribution in [0.15, 0.2) is 85.2 Å². The van der Waals surface area contributed by atoms with E-state index in [4.69, 9.17) is 9.97 Å². The van der Waals surface area contributed by atoms with Crippen molar-refractivity contribution in [3.8, 4) is 33.9 Å². The Kier molecular flexibility index (Phi) is 6.17. The van der Waals surface area contributed by atoms with Gasteiger partial charge in [-0.1, -0.05) is 67.6 Å². The van der Waals surface area contributed by atoms with Crippen LogP contribution in [0.2, 0.25) is 0 Å². The number of pyridine rings is 1. The van der Waals surface area contributed by atoms with Crippen LogP contribution in [-0.2, 0) is 13.0 Å². The monoisotopic (exact) mass is 526 g/mol. The Morgan fingerprint density at radius 2 is 1.70 bits per heavy atom. The number of likely N-dealkylation sites (tertiary alicyclic amines) is 1. The molecule has 0 unspecified atom stereocenters. The highest BCUT2D eigenvalue weighted by atomic mass is 15.3. The van der Waals surface area contributed by atoms with Gasteiger partial charge in [-0.25, -0.2) is 19.5 Å². The molecule has 1 aliphatic heterocycles. The number of benzene rings is 2. The van der Waals surface area contributed by atoms with Crippen molar-refractivity contribution in [1.29, 1.82) is 0 Å². The van der Waals surface area contributed by atoms with Crippen molar-refractivity contribution in [1.82, 2.24) is 39.7 Å². The minimum absolute atomic E-state index is 0.359. The number of fused-ring (bicyclic) bond motifs is 1. The summed E-state index contributed by atoms with van der Waals surface area (Å²) in [5, 5.41) is 12.1. The molecule has 8 nitrogen and oxygen atoms in total. The van der Waals surface area contributed by atoms with E-state index in [-0.39, 0.29) is 0 Å². The molecule has 5 heterocycles. The molecule has 0 amide bonds. The first kappa shape index (κ1) is 24.4. The Balaban J connectivity index is 1.07. The molecule has 0 radical (unpaired) electrons.